The van der Waals surface area contributed by atoms with Gasteiger partial charge in [0.1, 0.15) is 11.9 Å². The van der Waals surface area contributed by atoms with Crippen molar-refractivity contribution in [3.05, 3.63) is 23.8 Å². The van der Waals surface area contributed by atoms with Crippen molar-refractivity contribution in [2.75, 3.05) is 19.0 Å². The number of methoxy groups -OCH3 is 1. The van der Waals surface area contributed by atoms with E-state index in [1.165, 1.54) is 26.2 Å². The zero-order valence-corrected chi connectivity index (χ0v) is 17.3. The van der Waals surface area contributed by atoms with E-state index in [9.17, 15) is 24.3 Å². The molecular formula is C20H26N2O9. The van der Waals surface area contributed by atoms with E-state index in [1.807, 2.05) is 0 Å². The van der Waals surface area contributed by atoms with E-state index in [2.05, 4.69) is 10.6 Å². The Morgan fingerprint density at radius 3 is 2.71 bits per heavy atom. The summed E-state index contributed by atoms with van der Waals surface area (Å²) in [5, 5.41) is 14.4. The Labute approximate surface area is 179 Å². The molecule has 3 N–H and O–H groups in total. The lowest BCUT2D eigenvalue weighted by atomic mass is 10.0. The SMILES string of the molecule is COC(=O)[C@H]1C[C@@H](OC(C)=O)C[C@@H](Oc2ccc(CO)cc2NC(=O)CCNC=O)O1. The highest BCUT2D eigenvalue weighted by Gasteiger charge is 2.37. The van der Waals surface area contributed by atoms with Gasteiger partial charge in [-0.25, -0.2) is 4.79 Å². The van der Waals surface area contributed by atoms with Crippen molar-refractivity contribution in [3.63, 3.8) is 0 Å². The van der Waals surface area contributed by atoms with Crippen LogP contribution in [0.4, 0.5) is 5.69 Å². The van der Waals surface area contributed by atoms with Gasteiger partial charge in [-0.2, -0.15) is 0 Å². The monoisotopic (exact) mass is 438 g/mol. The first kappa shape index (κ1) is 24.1. The van der Waals surface area contributed by atoms with Crippen LogP contribution in [0.25, 0.3) is 0 Å². The Balaban J connectivity index is 2.17. The van der Waals surface area contributed by atoms with Crippen LogP contribution in [0.1, 0.15) is 31.7 Å². The van der Waals surface area contributed by atoms with Crippen LogP contribution < -0.4 is 15.4 Å². The van der Waals surface area contributed by atoms with E-state index in [4.69, 9.17) is 18.9 Å². The number of ether oxygens (including phenoxy) is 4. The van der Waals surface area contributed by atoms with Crippen LogP contribution in [0.15, 0.2) is 18.2 Å². The third-order valence-electron chi connectivity index (χ3n) is 4.38. The second kappa shape index (κ2) is 11.9. The number of hydrogen-bond donors (Lipinski definition) is 3. The molecule has 1 saturated heterocycles. The molecule has 2 rings (SSSR count). The molecule has 2 amide bonds. The van der Waals surface area contributed by atoms with Gasteiger partial charge in [0, 0.05) is 32.7 Å². The van der Waals surface area contributed by atoms with Gasteiger partial charge in [-0.15, -0.1) is 0 Å². The van der Waals surface area contributed by atoms with Gasteiger partial charge >= 0.3 is 11.9 Å². The van der Waals surface area contributed by atoms with Crippen LogP contribution in [0.5, 0.6) is 5.75 Å². The molecule has 1 heterocycles. The highest BCUT2D eigenvalue weighted by Crippen LogP contribution is 2.31. The van der Waals surface area contributed by atoms with E-state index in [1.54, 1.807) is 6.07 Å². The van der Waals surface area contributed by atoms with Crippen LogP contribution >= 0.6 is 0 Å². The smallest absolute Gasteiger partial charge is 0.335 e. The number of aliphatic hydroxyl groups is 1. The molecule has 0 radical (unpaired) electrons. The molecule has 3 atom stereocenters. The van der Waals surface area contributed by atoms with E-state index in [-0.39, 0.29) is 49.8 Å². The Kier molecular flexibility index (Phi) is 9.22. The molecule has 170 valence electrons. The van der Waals surface area contributed by atoms with Crippen molar-refractivity contribution in [2.45, 2.75) is 51.3 Å². The maximum Gasteiger partial charge on any atom is 0.335 e. The lowest BCUT2D eigenvalue weighted by molar-refractivity contribution is -0.204. The quantitative estimate of drug-likeness (QED) is 0.265. The van der Waals surface area contributed by atoms with Crippen LogP contribution in [-0.4, -0.2) is 61.5 Å². The van der Waals surface area contributed by atoms with E-state index < -0.39 is 30.4 Å². The molecule has 1 aliphatic heterocycles. The second-order valence-electron chi connectivity index (χ2n) is 6.76. The number of anilines is 1. The van der Waals surface area contributed by atoms with E-state index >= 15 is 0 Å². The molecule has 1 fully saturated rings. The number of rotatable bonds is 10. The lowest BCUT2D eigenvalue weighted by Gasteiger charge is -2.33. The molecule has 0 spiro atoms. The van der Waals surface area contributed by atoms with Gasteiger partial charge in [0.15, 0.2) is 6.10 Å². The normalized spacial score (nSPS) is 20.3. The number of carbonyl (C=O) groups is 4. The minimum absolute atomic E-state index is 0.0282. The number of hydrogen-bond acceptors (Lipinski definition) is 9. The summed E-state index contributed by atoms with van der Waals surface area (Å²) in [6.07, 6.45) is -1.77. The molecule has 1 aromatic rings. The Hall–Kier alpha value is -3.18. The summed E-state index contributed by atoms with van der Waals surface area (Å²) in [5.41, 5.74) is 0.805. The standard InChI is InChI=1S/C20H26N2O9/c1-12(25)29-14-8-17(20(27)28-2)31-19(9-14)30-16-4-3-13(10-23)7-15(16)22-18(26)5-6-21-11-24/h3-4,7,11,14,17,19,23H,5-6,8-10H2,1-2H3,(H,21,24)(H,22,26)/t14-,17-,19+/m1/s1. The number of amides is 2. The molecule has 11 nitrogen and oxygen atoms in total. The third kappa shape index (κ3) is 7.54. The number of aliphatic hydroxyl groups excluding tert-OH is 1. The molecule has 1 aromatic carbocycles. The van der Waals surface area contributed by atoms with Gasteiger partial charge in [0.05, 0.1) is 19.4 Å². The molecule has 31 heavy (non-hydrogen) atoms. The lowest BCUT2D eigenvalue weighted by Crippen LogP contribution is -2.44. The first-order valence-electron chi connectivity index (χ1n) is 9.64. The Bertz CT molecular complexity index is 799. The van der Waals surface area contributed by atoms with E-state index in [0.717, 1.165) is 0 Å². The maximum atomic E-state index is 12.1. The van der Waals surface area contributed by atoms with Crippen molar-refractivity contribution in [1.82, 2.24) is 5.32 Å². The number of carbonyl (C=O) groups excluding carboxylic acids is 4. The van der Waals surface area contributed by atoms with Crippen LogP contribution in [0.3, 0.4) is 0 Å². The van der Waals surface area contributed by atoms with Crippen molar-refractivity contribution in [3.8, 4) is 5.75 Å². The fraction of sp³-hybridized carbons (Fsp3) is 0.500. The summed E-state index contributed by atoms with van der Waals surface area (Å²) in [4.78, 5) is 45.8. The summed E-state index contributed by atoms with van der Waals surface area (Å²) < 4.78 is 21.5. The Morgan fingerprint density at radius 2 is 2.06 bits per heavy atom. The van der Waals surface area contributed by atoms with Gasteiger partial charge in [-0.1, -0.05) is 6.07 Å². The largest absolute Gasteiger partial charge is 0.467 e. The molecule has 0 saturated carbocycles. The minimum Gasteiger partial charge on any atom is -0.467 e. The van der Waals surface area contributed by atoms with Gasteiger partial charge in [-0.3, -0.25) is 14.4 Å². The molecule has 0 aliphatic carbocycles. The van der Waals surface area contributed by atoms with Gasteiger partial charge in [0.2, 0.25) is 18.6 Å². The average Bonchev–Trinajstić information content (AvgIpc) is 2.73. The fourth-order valence-electron chi connectivity index (χ4n) is 3.01. The number of nitrogens with one attached hydrogen (secondary N) is 2. The minimum atomic E-state index is -0.989. The Morgan fingerprint density at radius 1 is 1.29 bits per heavy atom. The molecule has 11 heteroatoms. The van der Waals surface area contributed by atoms with Gasteiger partial charge in [-0.05, 0) is 17.7 Å². The summed E-state index contributed by atoms with van der Waals surface area (Å²) >= 11 is 0. The van der Waals surface area contributed by atoms with Crippen LogP contribution in [0, 0.1) is 0 Å². The predicted octanol–water partition coefficient (Wildman–Crippen LogP) is 0.242. The first-order chi connectivity index (χ1) is 14.9. The predicted molar refractivity (Wildman–Crippen MR) is 106 cm³/mol. The molecule has 1 aliphatic rings. The van der Waals surface area contributed by atoms with Gasteiger partial charge in [0.25, 0.3) is 0 Å². The van der Waals surface area contributed by atoms with Gasteiger partial charge < -0.3 is 34.7 Å². The number of esters is 2. The summed E-state index contributed by atoms with van der Waals surface area (Å²) in [6, 6.07) is 4.67. The summed E-state index contributed by atoms with van der Waals surface area (Å²) in [7, 11) is 1.22. The second-order valence-corrected chi connectivity index (χ2v) is 6.76. The highest BCUT2D eigenvalue weighted by atomic mass is 16.7. The fourth-order valence-corrected chi connectivity index (χ4v) is 3.01. The molecular weight excluding hydrogens is 412 g/mol. The zero-order chi connectivity index (χ0) is 22.8. The number of benzene rings is 1. The summed E-state index contributed by atoms with van der Waals surface area (Å²) in [5.74, 6) is -1.29. The van der Waals surface area contributed by atoms with Crippen molar-refractivity contribution >= 4 is 29.9 Å². The zero-order valence-electron chi connectivity index (χ0n) is 17.3. The molecule has 0 unspecified atom stereocenters. The molecule has 0 aromatic heterocycles. The van der Waals surface area contributed by atoms with Crippen LogP contribution in [0.2, 0.25) is 0 Å². The third-order valence-corrected chi connectivity index (χ3v) is 4.38. The van der Waals surface area contributed by atoms with Crippen molar-refractivity contribution in [1.29, 1.82) is 0 Å². The molecule has 0 bridgehead atoms. The maximum absolute atomic E-state index is 12.1. The van der Waals surface area contributed by atoms with E-state index in [0.29, 0.717) is 12.0 Å². The first-order valence-corrected chi connectivity index (χ1v) is 9.64. The van der Waals surface area contributed by atoms with Crippen molar-refractivity contribution in [2.24, 2.45) is 0 Å². The topological polar surface area (TPSA) is 149 Å². The average molecular weight is 438 g/mol. The van der Waals surface area contributed by atoms with Crippen molar-refractivity contribution < 1.29 is 43.2 Å². The summed E-state index contributed by atoms with van der Waals surface area (Å²) in [6.45, 7) is 1.16. The van der Waals surface area contributed by atoms with Crippen LogP contribution in [-0.2, 0) is 40.0 Å². The highest BCUT2D eigenvalue weighted by molar-refractivity contribution is 5.92.